The van der Waals surface area contributed by atoms with Gasteiger partial charge in [0.15, 0.2) is 17.8 Å². The summed E-state index contributed by atoms with van der Waals surface area (Å²) in [5, 5.41) is 0. The first-order chi connectivity index (χ1) is 10.8. The topological polar surface area (TPSA) is 57.2 Å². The molecule has 3 aliphatic rings. The highest BCUT2D eigenvalue weighted by atomic mass is 16.7. The Morgan fingerprint density at radius 3 is 2.68 bits per heavy atom. The van der Waals surface area contributed by atoms with E-state index in [4.69, 9.17) is 18.9 Å². The van der Waals surface area contributed by atoms with Crippen molar-refractivity contribution in [2.24, 2.45) is 5.92 Å². The van der Waals surface area contributed by atoms with Crippen molar-refractivity contribution in [2.75, 3.05) is 26.6 Å². The quantitative estimate of drug-likeness (QED) is 0.825. The van der Waals surface area contributed by atoms with E-state index >= 15 is 0 Å². The zero-order valence-electron chi connectivity index (χ0n) is 12.3. The summed E-state index contributed by atoms with van der Waals surface area (Å²) in [4.78, 5) is 14.3. The van der Waals surface area contributed by atoms with Gasteiger partial charge in [-0.25, -0.2) is 0 Å². The van der Waals surface area contributed by atoms with Crippen molar-refractivity contribution in [2.45, 2.75) is 25.7 Å². The van der Waals surface area contributed by atoms with Crippen LogP contribution >= 0.6 is 0 Å². The number of hydrogen-bond donors (Lipinski definition) is 0. The van der Waals surface area contributed by atoms with Gasteiger partial charge >= 0.3 is 0 Å². The molecule has 0 N–H and O–H groups in total. The summed E-state index contributed by atoms with van der Waals surface area (Å²) in [6.07, 6.45) is 1.67. The summed E-state index contributed by atoms with van der Waals surface area (Å²) in [5.74, 6) is 1.86. The predicted octanol–water partition coefficient (Wildman–Crippen LogP) is 1.53. The molecule has 2 heterocycles. The maximum absolute atomic E-state index is 12.5. The summed E-state index contributed by atoms with van der Waals surface area (Å²) >= 11 is 0. The largest absolute Gasteiger partial charge is 0.454 e. The zero-order valence-corrected chi connectivity index (χ0v) is 12.3. The molecule has 2 fully saturated rings. The number of ether oxygens (including phenoxy) is 4. The number of hydrogen-bond acceptors (Lipinski definition) is 5. The monoisotopic (exact) mass is 305 g/mol. The lowest BCUT2D eigenvalue weighted by Gasteiger charge is -2.25. The normalized spacial score (nSPS) is 20.4. The van der Waals surface area contributed by atoms with Crippen LogP contribution in [-0.2, 0) is 20.8 Å². The van der Waals surface area contributed by atoms with Gasteiger partial charge in [0.25, 0.3) is 0 Å². The standard InChI is InChI=1S/C16H19NO5/c18-16(12-2-3-12)17(9-15-19-5-6-20-15)8-11-1-4-13-14(7-11)22-10-21-13/h1,4,7,12,15H,2-3,5-6,8-10H2. The van der Waals surface area contributed by atoms with Crippen molar-refractivity contribution < 1.29 is 23.7 Å². The maximum Gasteiger partial charge on any atom is 0.231 e. The van der Waals surface area contributed by atoms with Crippen LogP contribution in [0.5, 0.6) is 11.5 Å². The molecule has 118 valence electrons. The molecule has 1 aliphatic carbocycles. The van der Waals surface area contributed by atoms with Crippen LogP contribution in [0, 0.1) is 5.92 Å². The molecule has 1 saturated carbocycles. The molecule has 0 aromatic heterocycles. The van der Waals surface area contributed by atoms with Crippen LogP contribution in [0.2, 0.25) is 0 Å². The van der Waals surface area contributed by atoms with E-state index in [0.717, 1.165) is 29.9 Å². The van der Waals surface area contributed by atoms with Crippen LogP contribution in [0.3, 0.4) is 0 Å². The molecule has 0 radical (unpaired) electrons. The van der Waals surface area contributed by atoms with Gasteiger partial charge in [-0.05, 0) is 30.5 Å². The molecule has 4 rings (SSSR count). The van der Waals surface area contributed by atoms with Crippen molar-refractivity contribution in [3.05, 3.63) is 23.8 Å². The van der Waals surface area contributed by atoms with E-state index in [9.17, 15) is 4.79 Å². The Labute approximate surface area is 128 Å². The Hall–Kier alpha value is -1.79. The first-order valence-corrected chi connectivity index (χ1v) is 7.70. The van der Waals surface area contributed by atoms with Crippen LogP contribution in [0.25, 0.3) is 0 Å². The Morgan fingerprint density at radius 1 is 1.14 bits per heavy atom. The minimum Gasteiger partial charge on any atom is -0.454 e. The lowest BCUT2D eigenvalue weighted by molar-refractivity contribution is -0.139. The molecule has 6 heteroatoms. The average molecular weight is 305 g/mol. The number of amides is 1. The lowest BCUT2D eigenvalue weighted by atomic mass is 10.1. The third-order valence-corrected chi connectivity index (χ3v) is 4.11. The fraction of sp³-hybridized carbons (Fsp3) is 0.562. The molecule has 0 spiro atoms. The summed E-state index contributed by atoms with van der Waals surface area (Å²) in [6, 6.07) is 5.79. The van der Waals surface area contributed by atoms with Crippen molar-refractivity contribution in [3.8, 4) is 11.5 Å². The van der Waals surface area contributed by atoms with Crippen molar-refractivity contribution in [1.82, 2.24) is 4.90 Å². The second kappa shape index (κ2) is 5.78. The molecule has 1 amide bonds. The van der Waals surface area contributed by atoms with E-state index in [0.29, 0.717) is 26.3 Å². The molecule has 22 heavy (non-hydrogen) atoms. The van der Waals surface area contributed by atoms with Gasteiger partial charge in [-0.1, -0.05) is 6.07 Å². The first kappa shape index (κ1) is 13.8. The number of carbonyl (C=O) groups is 1. The molecule has 1 aromatic rings. The highest BCUT2D eigenvalue weighted by Crippen LogP contribution is 2.34. The van der Waals surface area contributed by atoms with Crippen LogP contribution in [0.1, 0.15) is 18.4 Å². The lowest BCUT2D eigenvalue weighted by Crippen LogP contribution is -2.38. The molecular weight excluding hydrogens is 286 g/mol. The van der Waals surface area contributed by atoms with E-state index in [1.54, 1.807) is 0 Å². The second-order valence-electron chi connectivity index (χ2n) is 5.85. The minimum atomic E-state index is -0.309. The molecule has 0 atom stereocenters. The SMILES string of the molecule is O=C(C1CC1)N(Cc1ccc2c(c1)OCO2)CC1OCCO1. The van der Waals surface area contributed by atoms with Crippen molar-refractivity contribution in [3.63, 3.8) is 0 Å². The summed E-state index contributed by atoms with van der Waals surface area (Å²) in [5.41, 5.74) is 1.02. The second-order valence-corrected chi connectivity index (χ2v) is 5.85. The van der Waals surface area contributed by atoms with E-state index in [1.807, 2.05) is 23.1 Å². The van der Waals surface area contributed by atoms with Crippen LogP contribution in [0.4, 0.5) is 0 Å². The third-order valence-electron chi connectivity index (χ3n) is 4.11. The maximum atomic E-state index is 12.5. The fourth-order valence-corrected chi connectivity index (χ4v) is 2.77. The van der Waals surface area contributed by atoms with E-state index < -0.39 is 0 Å². The van der Waals surface area contributed by atoms with Gasteiger partial charge < -0.3 is 23.8 Å². The molecule has 2 aliphatic heterocycles. The number of benzene rings is 1. The van der Waals surface area contributed by atoms with Gasteiger partial charge in [-0.3, -0.25) is 4.79 Å². The zero-order chi connectivity index (χ0) is 14.9. The summed E-state index contributed by atoms with van der Waals surface area (Å²) in [7, 11) is 0. The average Bonchev–Trinajstić information content (AvgIpc) is 3.05. The minimum absolute atomic E-state index is 0.176. The van der Waals surface area contributed by atoms with Gasteiger partial charge in [0.1, 0.15) is 0 Å². The highest BCUT2D eigenvalue weighted by Gasteiger charge is 2.35. The van der Waals surface area contributed by atoms with Crippen LogP contribution in [-0.4, -0.2) is 43.6 Å². The van der Waals surface area contributed by atoms with Crippen LogP contribution < -0.4 is 9.47 Å². The summed E-state index contributed by atoms with van der Waals surface area (Å²) in [6.45, 7) is 2.46. The molecule has 1 aromatic carbocycles. The van der Waals surface area contributed by atoms with Crippen molar-refractivity contribution in [1.29, 1.82) is 0 Å². The predicted molar refractivity (Wildman–Crippen MR) is 76.4 cm³/mol. The Morgan fingerprint density at radius 2 is 1.91 bits per heavy atom. The van der Waals surface area contributed by atoms with Crippen LogP contribution in [0.15, 0.2) is 18.2 Å². The molecule has 6 nitrogen and oxygen atoms in total. The summed E-state index contributed by atoms with van der Waals surface area (Å²) < 4.78 is 21.7. The number of carbonyl (C=O) groups excluding carboxylic acids is 1. The molecule has 1 saturated heterocycles. The van der Waals surface area contributed by atoms with Gasteiger partial charge in [0.2, 0.25) is 12.7 Å². The number of rotatable bonds is 5. The molecular formula is C16H19NO5. The molecule has 0 unspecified atom stereocenters. The Bertz CT molecular complexity index is 566. The fourth-order valence-electron chi connectivity index (χ4n) is 2.77. The van der Waals surface area contributed by atoms with Gasteiger partial charge in [-0.2, -0.15) is 0 Å². The first-order valence-electron chi connectivity index (χ1n) is 7.70. The van der Waals surface area contributed by atoms with Crippen molar-refractivity contribution >= 4 is 5.91 Å². The number of nitrogens with zero attached hydrogens (tertiary/aromatic N) is 1. The molecule has 0 bridgehead atoms. The Kier molecular flexibility index (Phi) is 3.63. The van der Waals surface area contributed by atoms with Gasteiger partial charge in [0, 0.05) is 12.5 Å². The van der Waals surface area contributed by atoms with E-state index in [1.165, 1.54) is 0 Å². The van der Waals surface area contributed by atoms with Gasteiger partial charge in [0.05, 0.1) is 19.8 Å². The Balaban J connectivity index is 1.48. The van der Waals surface area contributed by atoms with E-state index in [2.05, 4.69) is 0 Å². The third kappa shape index (κ3) is 2.89. The van der Waals surface area contributed by atoms with Gasteiger partial charge in [-0.15, -0.1) is 0 Å². The van der Waals surface area contributed by atoms with E-state index in [-0.39, 0.29) is 24.9 Å². The highest BCUT2D eigenvalue weighted by molar-refractivity contribution is 5.81. The number of fused-ring (bicyclic) bond motifs is 1. The smallest absolute Gasteiger partial charge is 0.231 e.